The lowest BCUT2D eigenvalue weighted by atomic mass is 9.99. The fraction of sp³-hybridized carbons (Fsp3) is 0.857. The van der Waals surface area contributed by atoms with Gasteiger partial charge in [0.05, 0.1) is 6.10 Å². The Morgan fingerprint density at radius 2 is 2.26 bits per heavy atom. The van der Waals surface area contributed by atoms with Gasteiger partial charge in [-0.25, -0.2) is 0 Å². The average molecular weight is 268 g/mol. The van der Waals surface area contributed by atoms with Gasteiger partial charge in [0.25, 0.3) is 0 Å². The van der Waals surface area contributed by atoms with E-state index >= 15 is 0 Å². The van der Waals surface area contributed by atoms with E-state index < -0.39 is 0 Å². The van der Waals surface area contributed by atoms with Crippen LogP contribution in [0, 0.1) is 5.92 Å². The van der Waals surface area contributed by atoms with Crippen LogP contribution in [0.3, 0.4) is 0 Å². The SMILES string of the molecule is CC(C)C[C@@H]1C(=O)NCCN1C(=O)CC[C@@H]1CCO1. The molecule has 19 heavy (non-hydrogen) atoms. The summed E-state index contributed by atoms with van der Waals surface area (Å²) in [6.07, 6.45) is 3.32. The summed E-state index contributed by atoms with van der Waals surface area (Å²) in [5, 5.41) is 2.85. The zero-order chi connectivity index (χ0) is 13.8. The van der Waals surface area contributed by atoms with E-state index in [0.717, 1.165) is 25.9 Å². The van der Waals surface area contributed by atoms with E-state index in [1.165, 1.54) is 0 Å². The Morgan fingerprint density at radius 3 is 2.84 bits per heavy atom. The summed E-state index contributed by atoms with van der Waals surface area (Å²) in [5.41, 5.74) is 0. The molecular weight excluding hydrogens is 244 g/mol. The van der Waals surface area contributed by atoms with Crippen LogP contribution in [0.4, 0.5) is 0 Å². The van der Waals surface area contributed by atoms with Gasteiger partial charge in [-0.1, -0.05) is 13.8 Å². The van der Waals surface area contributed by atoms with Crippen molar-refractivity contribution in [2.45, 2.75) is 51.7 Å². The summed E-state index contributed by atoms with van der Waals surface area (Å²) >= 11 is 0. The molecule has 5 nitrogen and oxygen atoms in total. The lowest BCUT2D eigenvalue weighted by Crippen LogP contribution is -2.57. The minimum Gasteiger partial charge on any atom is -0.378 e. The van der Waals surface area contributed by atoms with Crippen molar-refractivity contribution in [3.8, 4) is 0 Å². The van der Waals surface area contributed by atoms with Crippen molar-refractivity contribution in [1.82, 2.24) is 10.2 Å². The molecule has 0 aromatic rings. The molecule has 1 N–H and O–H groups in total. The Kier molecular flexibility index (Phi) is 4.80. The van der Waals surface area contributed by atoms with E-state index in [0.29, 0.717) is 25.4 Å². The fourth-order valence-corrected chi connectivity index (χ4v) is 2.63. The smallest absolute Gasteiger partial charge is 0.242 e. The molecule has 2 heterocycles. The van der Waals surface area contributed by atoms with Crippen molar-refractivity contribution in [2.24, 2.45) is 5.92 Å². The number of carbonyl (C=O) groups is 2. The highest BCUT2D eigenvalue weighted by molar-refractivity contribution is 5.88. The molecule has 2 aliphatic heterocycles. The molecule has 0 aromatic carbocycles. The molecular formula is C14H24N2O3. The summed E-state index contributed by atoms with van der Waals surface area (Å²) in [7, 11) is 0. The van der Waals surface area contributed by atoms with Gasteiger partial charge in [0.2, 0.25) is 11.8 Å². The van der Waals surface area contributed by atoms with Gasteiger partial charge < -0.3 is 15.0 Å². The maximum Gasteiger partial charge on any atom is 0.242 e. The number of nitrogens with one attached hydrogen (secondary N) is 1. The summed E-state index contributed by atoms with van der Waals surface area (Å²) in [6, 6.07) is -0.288. The number of ether oxygens (including phenoxy) is 1. The van der Waals surface area contributed by atoms with E-state index in [1.807, 2.05) is 0 Å². The first-order chi connectivity index (χ1) is 9.08. The Bertz CT molecular complexity index is 340. The topological polar surface area (TPSA) is 58.6 Å². The first-order valence-corrected chi connectivity index (χ1v) is 7.26. The van der Waals surface area contributed by atoms with Gasteiger partial charge in [0.1, 0.15) is 6.04 Å². The van der Waals surface area contributed by atoms with Gasteiger partial charge in [-0.3, -0.25) is 9.59 Å². The second kappa shape index (κ2) is 6.37. The largest absolute Gasteiger partial charge is 0.378 e. The predicted molar refractivity (Wildman–Crippen MR) is 71.6 cm³/mol. The molecule has 2 aliphatic rings. The van der Waals surface area contributed by atoms with Crippen LogP contribution in [0.1, 0.15) is 39.5 Å². The highest BCUT2D eigenvalue weighted by atomic mass is 16.5. The van der Waals surface area contributed by atoms with E-state index in [1.54, 1.807) is 4.90 Å². The lowest BCUT2D eigenvalue weighted by molar-refractivity contribution is -0.145. The molecule has 0 bridgehead atoms. The second-order valence-electron chi connectivity index (χ2n) is 5.84. The van der Waals surface area contributed by atoms with Gasteiger partial charge in [0.15, 0.2) is 0 Å². The third-order valence-corrected chi connectivity index (χ3v) is 3.82. The summed E-state index contributed by atoms with van der Waals surface area (Å²) in [4.78, 5) is 26.0. The quantitative estimate of drug-likeness (QED) is 0.807. The molecule has 2 rings (SSSR count). The molecule has 2 atom stereocenters. The Balaban J connectivity index is 1.89. The van der Waals surface area contributed by atoms with Gasteiger partial charge >= 0.3 is 0 Å². The van der Waals surface area contributed by atoms with Gasteiger partial charge in [-0.15, -0.1) is 0 Å². The minimum absolute atomic E-state index is 0.00630. The zero-order valence-corrected chi connectivity index (χ0v) is 11.9. The normalized spacial score (nSPS) is 27.1. The van der Waals surface area contributed by atoms with Gasteiger partial charge in [-0.2, -0.15) is 0 Å². The number of hydrogen-bond acceptors (Lipinski definition) is 3. The Morgan fingerprint density at radius 1 is 1.53 bits per heavy atom. The molecule has 0 spiro atoms. The van der Waals surface area contributed by atoms with Crippen LogP contribution in [0.15, 0.2) is 0 Å². The number of hydrogen-bond donors (Lipinski definition) is 1. The molecule has 0 aromatic heterocycles. The number of piperazine rings is 1. The number of nitrogens with zero attached hydrogens (tertiary/aromatic N) is 1. The van der Waals surface area contributed by atoms with Crippen molar-refractivity contribution < 1.29 is 14.3 Å². The van der Waals surface area contributed by atoms with Crippen molar-refractivity contribution in [1.29, 1.82) is 0 Å². The van der Waals surface area contributed by atoms with Crippen LogP contribution in [0.2, 0.25) is 0 Å². The van der Waals surface area contributed by atoms with E-state index in [4.69, 9.17) is 4.74 Å². The van der Waals surface area contributed by atoms with E-state index in [9.17, 15) is 9.59 Å². The molecule has 0 saturated carbocycles. The van der Waals surface area contributed by atoms with Crippen LogP contribution in [-0.2, 0) is 14.3 Å². The Hall–Kier alpha value is -1.10. The molecule has 108 valence electrons. The van der Waals surface area contributed by atoms with Crippen LogP contribution in [0.25, 0.3) is 0 Å². The highest BCUT2D eigenvalue weighted by Gasteiger charge is 2.33. The molecule has 0 radical (unpaired) electrons. The monoisotopic (exact) mass is 268 g/mol. The third-order valence-electron chi connectivity index (χ3n) is 3.82. The van der Waals surface area contributed by atoms with Gasteiger partial charge in [0, 0.05) is 26.1 Å². The number of amides is 2. The van der Waals surface area contributed by atoms with Crippen molar-refractivity contribution in [3.05, 3.63) is 0 Å². The molecule has 2 saturated heterocycles. The first-order valence-electron chi connectivity index (χ1n) is 7.26. The zero-order valence-electron chi connectivity index (χ0n) is 11.9. The van der Waals surface area contributed by atoms with Crippen LogP contribution in [0.5, 0.6) is 0 Å². The van der Waals surface area contributed by atoms with Crippen molar-refractivity contribution in [2.75, 3.05) is 19.7 Å². The van der Waals surface area contributed by atoms with Crippen LogP contribution in [-0.4, -0.2) is 48.6 Å². The van der Waals surface area contributed by atoms with Gasteiger partial charge in [-0.05, 0) is 25.2 Å². The van der Waals surface area contributed by atoms with Crippen molar-refractivity contribution in [3.63, 3.8) is 0 Å². The highest BCUT2D eigenvalue weighted by Crippen LogP contribution is 2.20. The maximum atomic E-state index is 12.3. The van der Waals surface area contributed by atoms with Crippen LogP contribution < -0.4 is 5.32 Å². The summed E-state index contributed by atoms with van der Waals surface area (Å²) < 4.78 is 5.33. The average Bonchev–Trinajstić information content (AvgIpc) is 2.29. The molecule has 0 aliphatic carbocycles. The maximum absolute atomic E-state index is 12.3. The Labute approximate surface area is 114 Å². The third kappa shape index (κ3) is 3.69. The van der Waals surface area contributed by atoms with Crippen molar-refractivity contribution >= 4 is 11.8 Å². The summed E-state index contributed by atoms with van der Waals surface area (Å²) in [5.74, 6) is 0.489. The van der Waals surface area contributed by atoms with E-state index in [-0.39, 0.29) is 24.0 Å². The molecule has 2 amide bonds. The fourth-order valence-electron chi connectivity index (χ4n) is 2.63. The molecule has 2 fully saturated rings. The predicted octanol–water partition coefficient (Wildman–Crippen LogP) is 0.929. The lowest BCUT2D eigenvalue weighted by Gasteiger charge is -2.36. The second-order valence-corrected chi connectivity index (χ2v) is 5.84. The summed E-state index contributed by atoms with van der Waals surface area (Å²) in [6.45, 7) is 6.17. The first kappa shape index (κ1) is 14.3. The van der Waals surface area contributed by atoms with Crippen LogP contribution >= 0.6 is 0 Å². The number of rotatable bonds is 5. The van der Waals surface area contributed by atoms with E-state index in [2.05, 4.69) is 19.2 Å². The minimum atomic E-state index is -0.288. The molecule has 0 unspecified atom stereocenters. The number of carbonyl (C=O) groups excluding carboxylic acids is 2. The standard InChI is InChI=1S/C14H24N2O3/c1-10(2)9-12-14(18)15-6-7-16(12)13(17)4-3-11-5-8-19-11/h10-12H,3-9H2,1-2H3,(H,15,18)/t11-,12-/m1/s1. The molecule has 5 heteroatoms.